The Morgan fingerprint density at radius 2 is 1.71 bits per heavy atom. The molecule has 3 atom stereocenters. The second kappa shape index (κ2) is 11.0. The van der Waals surface area contributed by atoms with E-state index in [9.17, 15) is 9.59 Å². The molecular weight excluding hydrogens is 498 g/mol. The molecule has 4 aliphatic rings. The summed E-state index contributed by atoms with van der Waals surface area (Å²) in [7, 11) is 4.25. The van der Waals surface area contributed by atoms with Gasteiger partial charge in [-0.15, -0.1) is 0 Å². The van der Waals surface area contributed by atoms with E-state index in [1.54, 1.807) is 0 Å². The number of amides is 2. The lowest BCUT2D eigenvalue weighted by atomic mass is 9.63. The Labute approximate surface area is 234 Å². The lowest BCUT2D eigenvalue weighted by Gasteiger charge is -2.51. The summed E-state index contributed by atoms with van der Waals surface area (Å²) in [6.07, 6.45) is 10.0. The molecule has 4 fully saturated rings. The van der Waals surface area contributed by atoms with Crippen LogP contribution in [-0.4, -0.2) is 78.6 Å². The van der Waals surface area contributed by atoms with Crippen LogP contribution in [0.25, 0.3) is 0 Å². The minimum Gasteiger partial charge on any atom is -0.447 e. The number of hydrogen-bond donors (Lipinski definition) is 0. The number of nitrogens with zero attached hydrogens (tertiary/aromatic N) is 3. The van der Waals surface area contributed by atoms with E-state index in [-0.39, 0.29) is 28.9 Å². The molecule has 38 heavy (non-hydrogen) atoms. The summed E-state index contributed by atoms with van der Waals surface area (Å²) in [5, 5.41) is 0.735. The molecule has 6 nitrogen and oxygen atoms in total. The number of halogens is 1. The molecule has 210 valence electrons. The van der Waals surface area contributed by atoms with Crippen molar-refractivity contribution in [3.63, 3.8) is 0 Å². The smallest absolute Gasteiger partial charge is 0.410 e. The number of cyclic esters (lactones) is 1. The van der Waals surface area contributed by atoms with Gasteiger partial charge in [0.2, 0.25) is 5.91 Å². The third-order valence-corrected chi connectivity index (χ3v) is 10.7. The van der Waals surface area contributed by atoms with Crippen LogP contribution < -0.4 is 0 Å². The monoisotopic (exact) mass is 543 g/mol. The molecule has 2 saturated heterocycles. The largest absolute Gasteiger partial charge is 0.447 e. The Balaban J connectivity index is 1.33. The minimum atomic E-state index is -0.275. The summed E-state index contributed by atoms with van der Waals surface area (Å²) in [6, 6.07) is 8.51. The van der Waals surface area contributed by atoms with Crippen molar-refractivity contribution in [3.05, 3.63) is 34.9 Å². The van der Waals surface area contributed by atoms with Gasteiger partial charge in [0.25, 0.3) is 0 Å². The first-order chi connectivity index (χ1) is 18.1. The molecule has 1 unspecified atom stereocenters. The topological polar surface area (TPSA) is 53.1 Å². The highest BCUT2D eigenvalue weighted by atomic mass is 35.5. The number of benzene rings is 1. The maximum atomic E-state index is 14.1. The fraction of sp³-hybridized carbons (Fsp3) is 0.742. The summed E-state index contributed by atoms with van der Waals surface area (Å²) in [5.74, 6) is 1.15. The van der Waals surface area contributed by atoms with E-state index in [4.69, 9.17) is 16.3 Å². The third kappa shape index (κ3) is 5.45. The van der Waals surface area contributed by atoms with Gasteiger partial charge in [-0.1, -0.05) is 43.0 Å². The summed E-state index contributed by atoms with van der Waals surface area (Å²) >= 11 is 6.18. The average Bonchev–Trinajstić information content (AvgIpc) is 3.47. The fourth-order valence-electron chi connectivity index (χ4n) is 7.84. The van der Waals surface area contributed by atoms with Crippen molar-refractivity contribution >= 4 is 23.6 Å². The number of rotatable bonds is 6. The fourth-order valence-corrected chi connectivity index (χ4v) is 7.96. The highest BCUT2D eigenvalue weighted by Gasteiger charge is 2.50. The summed E-state index contributed by atoms with van der Waals surface area (Å²) in [5.41, 5.74) is 1.01. The first-order valence-corrected chi connectivity index (χ1v) is 15.1. The number of carbonyl (C=O) groups is 2. The Kier molecular flexibility index (Phi) is 8.04. The van der Waals surface area contributed by atoms with Gasteiger partial charge in [-0.2, -0.15) is 0 Å². The zero-order chi connectivity index (χ0) is 27.1. The normalized spacial score (nSPS) is 29.6. The molecule has 5 rings (SSSR count). The molecule has 2 aliphatic carbocycles. The van der Waals surface area contributed by atoms with Crippen molar-refractivity contribution in [2.24, 2.45) is 17.3 Å². The van der Waals surface area contributed by atoms with E-state index in [0.717, 1.165) is 50.3 Å². The van der Waals surface area contributed by atoms with E-state index in [2.05, 4.69) is 49.9 Å². The predicted molar refractivity (Wildman–Crippen MR) is 151 cm³/mol. The lowest BCUT2D eigenvalue weighted by Crippen LogP contribution is -2.55. The Morgan fingerprint density at radius 3 is 2.29 bits per heavy atom. The van der Waals surface area contributed by atoms with Crippen LogP contribution in [0, 0.1) is 17.3 Å². The first kappa shape index (κ1) is 27.8. The first-order valence-electron chi connectivity index (χ1n) is 14.7. The van der Waals surface area contributed by atoms with Crippen LogP contribution in [0.2, 0.25) is 5.02 Å². The molecule has 2 heterocycles. The zero-order valence-electron chi connectivity index (χ0n) is 23.8. The van der Waals surface area contributed by atoms with Crippen LogP contribution >= 0.6 is 11.6 Å². The van der Waals surface area contributed by atoms with Crippen molar-refractivity contribution in [2.75, 3.05) is 40.3 Å². The quantitative estimate of drug-likeness (QED) is 0.429. The van der Waals surface area contributed by atoms with Crippen LogP contribution in [0.5, 0.6) is 0 Å². The van der Waals surface area contributed by atoms with Gasteiger partial charge in [0.15, 0.2) is 0 Å². The van der Waals surface area contributed by atoms with Crippen molar-refractivity contribution in [2.45, 2.75) is 89.1 Å². The molecule has 0 N–H and O–H groups in total. The van der Waals surface area contributed by atoms with Gasteiger partial charge in [-0.3, -0.25) is 9.69 Å². The van der Waals surface area contributed by atoms with Gasteiger partial charge in [-0.05, 0) is 101 Å². The molecule has 1 aromatic rings. The number of ether oxygens (including phenoxy) is 1. The Morgan fingerprint density at radius 1 is 1.05 bits per heavy atom. The van der Waals surface area contributed by atoms with Crippen LogP contribution in [0.4, 0.5) is 4.79 Å². The summed E-state index contributed by atoms with van der Waals surface area (Å²) < 4.78 is 5.48. The lowest BCUT2D eigenvalue weighted by molar-refractivity contribution is -0.139. The molecule has 2 saturated carbocycles. The molecular formula is C31H46ClN3O3. The van der Waals surface area contributed by atoms with E-state index >= 15 is 0 Å². The summed E-state index contributed by atoms with van der Waals surface area (Å²) in [4.78, 5) is 33.3. The van der Waals surface area contributed by atoms with E-state index < -0.39 is 0 Å². The van der Waals surface area contributed by atoms with Crippen LogP contribution in [-0.2, 0) is 9.53 Å². The minimum absolute atomic E-state index is 0.00162. The molecule has 2 amide bonds. The number of piperidine rings is 1. The molecule has 0 aromatic heterocycles. The summed E-state index contributed by atoms with van der Waals surface area (Å²) in [6.45, 7) is 7.01. The van der Waals surface area contributed by atoms with Crippen molar-refractivity contribution < 1.29 is 14.3 Å². The standard InChI is InChI=1S/C31H46ClN3O3/c1-30(2)21-38-29(37)35(30)20-31(23-8-6-5-7-9-23)14-16-34(17-15-31)28(36)27-19-25(33(3)4)18-26(27)22-10-12-24(32)13-11-22/h10-13,23,25-27H,5-9,14-21H2,1-4H3/t25-,26?,27-/m1/s1. The second-order valence-electron chi connectivity index (χ2n) is 13.3. The van der Waals surface area contributed by atoms with E-state index in [0.29, 0.717) is 24.5 Å². The Hall–Kier alpha value is -1.79. The second-order valence-corrected chi connectivity index (χ2v) is 13.8. The van der Waals surface area contributed by atoms with Gasteiger partial charge in [0.1, 0.15) is 6.61 Å². The van der Waals surface area contributed by atoms with Crippen LogP contribution in [0.15, 0.2) is 24.3 Å². The van der Waals surface area contributed by atoms with Gasteiger partial charge in [-0.25, -0.2) is 4.79 Å². The average molecular weight is 544 g/mol. The number of hydrogen-bond acceptors (Lipinski definition) is 4. The molecule has 2 aliphatic heterocycles. The molecule has 7 heteroatoms. The van der Waals surface area contributed by atoms with Crippen molar-refractivity contribution in [1.82, 2.24) is 14.7 Å². The van der Waals surface area contributed by atoms with Gasteiger partial charge < -0.3 is 14.5 Å². The van der Waals surface area contributed by atoms with Crippen molar-refractivity contribution in [1.29, 1.82) is 0 Å². The van der Waals surface area contributed by atoms with Gasteiger partial charge >= 0.3 is 6.09 Å². The number of carbonyl (C=O) groups excluding carboxylic acids is 2. The van der Waals surface area contributed by atoms with E-state index in [1.807, 2.05) is 17.0 Å². The number of likely N-dealkylation sites (tertiary alicyclic amines) is 1. The molecule has 1 aromatic carbocycles. The van der Waals surface area contributed by atoms with Crippen molar-refractivity contribution in [3.8, 4) is 0 Å². The van der Waals surface area contributed by atoms with Crippen LogP contribution in [0.3, 0.4) is 0 Å². The molecule has 0 spiro atoms. The van der Waals surface area contributed by atoms with E-state index in [1.165, 1.54) is 37.7 Å². The maximum absolute atomic E-state index is 14.1. The maximum Gasteiger partial charge on any atom is 0.410 e. The SMILES string of the molecule is CN(C)[C@@H]1CC(c2ccc(Cl)cc2)[C@H](C(=O)N2CCC(CN3C(=O)OCC3(C)C)(C3CCCCC3)CC2)C1. The van der Waals surface area contributed by atoms with Gasteiger partial charge in [0.05, 0.1) is 5.54 Å². The highest BCUT2D eigenvalue weighted by molar-refractivity contribution is 6.30. The van der Waals surface area contributed by atoms with Gasteiger partial charge in [0, 0.05) is 36.6 Å². The van der Waals surface area contributed by atoms with Crippen LogP contribution in [0.1, 0.15) is 83.1 Å². The zero-order valence-corrected chi connectivity index (χ0v) is 24.5. The molecule has 0 bridgehead atoms. The molecule has 0 radical (unpaired) electrons. The predicted octanol–water partition coefficient (Wildman–Crippen LogP) is 6.18. The third-order valence-electron chi connectivity index (χ3n) is 10.4. The Bertz CT molecular complexity index is 996. The highest BCUT2D eigenvalue weighted by Crippen LogP contribution is 2.49.